The average molecular weight is 389 g/mol. The number of aromatic nitrogens is 4. The topological polar surface area (TPSA) is 81.8 Å². The first-order valence-electron chi connectivity index (χ1n) is 10.1. The molecule has 0 radical (unpaired) electrons. The Bertz CT molecular complexity index is 1130. The number of fused-ring (bicyclic) bond motifs is 1. The molecule has 0 spiro atoms. The highest BCUT2D eigenvalue weighted by molar-refractivity contribution is 6.03. The molecule has 1 aliphatic heterocycles. The van der Waals surface area contributed by atoms with Crippen molar-refractivity contribution in [3.63, 3.8) is 0 Å². The lowest BCUT2D eigenvalue weighted by molar-refractivity contribution is 0.102. The van der Waals surface area contributed by atoms with Gasteiger partial charge in [0.1, 0.15) is 5.82 Å². The van der Waals surface area contributed by atoms with Crippen LogP contribution in [0.25, 0.3) is 11.3 Å². The van der Waals surface area contributed by atoms with Crippen LogP contribution >= 0.6 is 0 Å². The van der Waals surface area contributed by atoms with Crippen LogP contribution < -0.4 is 10.9 Å². The second kappa shape index (κ2) is 6.99. The lowest BCUT2D eigenvalue weighted by Gasteiger charge is -2.12. The third-order valence-electron chi connectivity index (χ3n) is 5.71. The van der Waals surface area contributed by atoms with Gasteiger partial charge in [-0.1, -0.05) is 6.07 Å². The third-order valence-corrected chi connectivity index (χ3v) is 5.71. The Balaban J connectivity index is 1.47. The van der Waals surface area contributed by atoms with Crippen LogP contribution in [0.4, 0.5) is 5.82 Å². The highest BCUT2D eigenvalue weighted by atomic mass is 16.2. The Kier molecular flexibility index (Phi) is 4.30. The first-order chi connectivity index (χ1) is 14.1. The molecule has 0 aromatic carbocycles. The molecule has 0 unspecified atom stereocenters. The maximum atomic E-state index is 12.9. The lowest BCUT2D eigenvalue weighted by atomic mass is 10.1. The minimum atomic E-state index is -0.223. The van der Waals surface area contributed by atoms with Crippen molar-refractivity contribution in [2.24, 2.45) is 7.05 Å². The second-order valence-electron chi connectivity index (χ2n) is 7.93. The zero-order valence-corrected chi connectivity index (χ0v) is 16.4. The number of carbonyl (C=O) groups excluding carboxylic acids is 1. The van der Waals surface area contributed by atoms with Crippen LogP contribution in [-0.2, 0) is 20.0 Å². The van der Waals surface area contributed by atoms with E-state index in [0.29, 0.717) is 17.4 Å². The summed E-state index contributed by atoms with van der Waals surface area (Å²) in [5.41, 5.74) is 4.12. The van der Waals surface area contributed by atoms with Crippen LogP contribution in [0.2, 0.25) is 0 Å². The molecule has 7 heteroatoms. The first-order valence-corrected chi connectivity index (χ1v) is 10.1. The van der Waals surface area contributed by atoms with Gasteiger partial charge in [-0.3, -0.25) is 14.3 Å². The average Bonchev–Trinajstić information content (AvgIpc) is 3.47. The van der Waals surface area contributed by atoms with Gasteiger partial charge in [0.15, 0.2) is 5.69 Å². The van der Waals surface area contributed by atoms with E-state index in [1.54, 1.807) is 19.3 Å². The van der Waals surface area contributed by atoms with Crippen molar-refractivity contribution in [3.8, 4) is 11.3 Å². The molecule has 7 nitrogen and oxygen atoms in total. The molecule has 1 fully saturated rings. The standard InChI is InChI=1S/C22H23N5O2/c1-26-13-15(7-10-20(26)28)18-9-8-17(14-5-6-14)21(23-18)24-22(29)19-12-16-4-2-3-11-27(16)25-19/h7-10,12-14H,2-6,11H2,1H3,(H,23,24,29). The zero-order chi connectivity index (χ0) is 20.0. The van der Waals surface area contributed by atoms with Crippen LogP contribution in [0, 0.1) is 0 Å². The number of pyridine rings is 2. The minimum Gasteiger partial charge on any atom is -0.318 e. The monoisotopic (exact) mass is 389 g/mol. The van der Waals surface area contributed by atoms with Crippen LogP contribution in [0.1, 0.15) is 53.3 Å². The van der Waals surface area contributed by atoms with Crippen LogP contribution in [0.5, 0.6) is 0 Å². The molecule has 3 aromatic rings. The maximum Gasteiger partial charge on any atom is 0.277 e. The summed E-state index contributed by atoms with van der Waals surface area (Å²) in [4.78, 5) is 29.3. The van der Waals surface area contributed by atoms with E-state index in [1.165, 1.54) is 10.6 Å². The molecular formula is C22H23N5O2. The van der Waals surface area contributed by atoms with Gasteiger partial charge in [0.2, 0.25) is 5.56 Å². The van der Waals surface area contributed by atoms with Crippen LogP contribution in [0.3, 0.4) is 0 Å². The normalized spacial score (nSPS) is 15.8. The summed E-state index contributed by atoms with van der Waals surface area (Å²) in [5.74, 6) is 0.816. The summed E-state index contributed by atoms with van der Waals surface area (Å²) in [6, 6.07) is 9.18. The van der Waals surface area contributed by atoms with E-state index in [9.17, 15) is 9.59 Å². The number of carbonyl (C=O) groups is 1. The van der Waals surface area contributed by atoms with Crippen molar-refractivity contribution in [2.75, 3.05) is 5.32 Å². The van der Waals surface area contributed by atoms with E-state index in [-0.39, 0.29) is 11.5 Å². The van der Waals surface area contributed by atoms with Gasteiger partial charge < -0.3 is 9.88 Å². The molecule has 2 aliphatic rings. The number of aryl methyl sites for hydroxylation is 3. The molecule has 4 heterocycles. The van der Waals surface area contributed by atoms with Crippen molar-refractivity contribution in [3.05, 3.63) is 63.8 Å². The van der Waals surface area contributed by atoms with Crippen molar-refractivity contribution < 1.29 is 4.79 Å². The highest BCUT2D eigenvalue weighted by Gasteiger charge is 2.28. The van der Waals surface area contributed by atoms with Gasteiger partial charge in [-0.2, -0.15) is 5.10 Å². The van der Waals surface area contributed by atoms with Crippen molar-refractivity contribution >= 4 is 11.7 Å². The van der Waals surface area contributed by atoms with Crippen molar-refractivity contribution in [1.82, 2.24) is 19.3 Å². The SMILES string of the molecule is Cn1cc(-c2ccc(C3CC3)c(NC(=O)c3cc4n(n3)CCCC4)n2)ccc1=O. The molecule has 1 aliphatic carbocycles. The van der Waals surface area contributed by atoms with E-state index < -0.39 is 0 Å². The van der Waals surface area contributed by atoms with Crippen molar-refractivity contribution in [1.29, 1.82) is 0 Å². The molecule has 0 bridgehead atoms. The summed E-state index contributed by atoms with van der Waals surface area (Å²) < 4.78 is 3.47. The molecule has 0 atom stereocenters. The number of rotatable bonds is 4. The number of anilines is 1. The Labute approximate surface area is 168 Å². The fourth-order valence-electron chi connectivity index (χ4n) is 3.90. The summed E-state index contributed by atoms with van der Waals surface area (Å²) in [7, 11) is 1.72. The van der Waals surface area contributed by atoms with E-state index in [0.717, 1.165) is 61.2 Å². The van der Waals surface area contributed by atoms with Crippen molar-refractivity contribution in [2.45, 2.75) is 44.6 Å². The second-order valence-corrected chi connectivity index (χ2v) is 7.93. The number of amides is 1. The Morgan fingerprint density at radius 2 is 2.03 bits per heavy atom. The first kappa shape index (κ1) is 17.8. The highest BCUT2D eigenvalue weighted by Crippen LogP contribution is 2.43. The molecule has 5 rings (SSSR count). The van der Waals surface area contributed by atoms with E-state index in [4.69, 9.17) is 4.98 Å². The summed E-state index contributed by atoms with van der Waals surface area (Å²) >= 11 is 0. The molecule has 29 heavy (non-hydrogen) atoms. The Morgan fingerprint density at radius 1 is 1.17 bits per heavy atom. The zero-order valence-electron chi connectivity index (χ0n) is 16.4. The number of hydrogen-bond donors (Lipinski definition) is 1. The summed E-state index contributed by atoms with van der Waals surface area (Å²) in [6.07, 6.45) is 7.20. The lowest BCUT2D eigenvalue weighted by Crippen LogP contribution is -2.17. The molecule has 0 saturated heterocycles. The quantitative estimate of drug-likeness (QED) is 0.743. The van der Waals surface area contributed by atoms with Gasteiger partial charge >= 0.3 is 0 Å². The van der Waals surface area contributed by atoms with Gasteiger partial charge in [0, 0.05) is 37.1 Å². The molecular weight excluding hydrogens is 366 g/mol. The van der Waals surface area contributed by atoms with Gasteiger partial charge in [0.05, 0.1) is 5.69 Å². The van der Waals surface area contributed by atoms with E-state index in [1.807, 2.05) is 22.9 Å². The molecule has 148 valence electrons. The Morgan fingerprint density at radius 3 is 2.79 bits per heavy atom. The molecule has 1 N–H and O–H groups in total. The van der Waals surface area contributed by atoms with Crippen LogP contribution in [-0.4, -0.2) is 25.2 Å². The smallest absolute Gasteiger partial charge is 0.277 e. The van der Waals surface area contributed by atoms with Gasteiger partial charge in [-0.25, -0.2) is 4.98 Å². The van der Waals surface area contributed by atoms with E-state index >= 15 is 0 Å². The maximum absolute atomic E-state index is 12.9. The molecule has 3 aromatic heterocycles. The fraction of sp³-hybridized carbons (Fsp3) is 0.364. The minimum absolute atomic E-state index is 0.0689. The summed E-state index contributed by atoms with van der Waals surface area (Å²) in [6.45, 7) is 0.871. The molecule has 1 amide bonds. The predicted molar refractivity (Wildman–Crippen MR) is 110 cm³/mol. The van der Waals surface area contributed by atoms with Gasteiger partial charge in [-0.15, -0.1) is 0 Å². The number of hydrogen-bond acceptors (Lipinski definition) is 4. The largest absolute Gasteiger partial charge is 0.318 e. The summed E-state index contributed by atoms with van der Waals surface area (Å²) in [5, 5.41) is 7.48. The van der Waals surface area contributed by atoms with Gasteiger partial charge in [-0.05, 0) is 61.8 Å². The third kappa shape index (κ3) is 3.48. The Hall–Kier alpha value is -3.22. The number of nitrogens with one attached hydrogen (secondary N) is 1. The number of nitrogens with zero attached hydrogens (tertiary/aromatic N) is 4. The van der Waals surface area contributed by atoms with E-state index in [2.05, 4.69) is 10.4 Å². The predicted octanol–water partition coefficient (Wildman–Crippen LogP) is 3.11. The van der Waals surface area contributed by atoms with Crippen LogP contribution in [0.15, 0.2) is 41.3 Å². The van der Waals surface area contributed by atoms with Gasteiger partial charge in [0.25, 0.3) is 5.91 Å². The fourth-order valence-corrected chi connectivity index (χ4v) is 3.90. The molecule has 1 saturated carbocycles.